The first-order chi connectivity index (χ1) is 7.16. The quantitative estimate of drug-likeness (QED) is 0.666. The average Bonchev–Trinajstić information content (AvgIpc) is 2.50. The zero-order valence-corrected chi connectivity index (χ0v) is 8.56. The number of carbonyl (C=O) groups excluding carboxylic acids is 2. The second kappa shape index (κ2) is 3.81. The molecule has 15 heavy (non-hydrogen) atoms. The summed E-state index contributed by atoms with van der Waals surface area (Å²) in [7, 11) is 0. The number of nitrogens with zero attached hydrogens (tertiary/aromatic N) is 2. The summed E-state index contributed by atoms with van der Waals surface area (Å²) in [6, 6.07) is 3.79. The molecule has 0 atom stereocenters. The van der Waals surface area contributed by atoms with Gasteiger partial charge < -0.3 is 4.90 Å². The van der Waals surface area contributed by atoms with E-state index in [1.54, 1.807) is 11.1 Å². The van der Waals surface area contributed by atoms with Gasteiger partial charge in [0.25, 0.3) is 5.91 Å². The maximum Gasteiger partial charge on any atom is 0.290 e. The monoisotopic (exact) mass is 204 g/mol. The molecule has 2 rings (SSSR count). The van der Waals surface area contributed by atoms with E-state index >= 15 is 0 Å². The van der Waals surface area contributed by atoms with Crippen LogP contribution >= 0.6 is 0 Å². The first-order valence-corrected chi connectivity index (χ1v) is 4.90. The Morgan fingerprint density at radius 3 is 2.87 bits per heavy atom. The number of Topliss-reactive ketones (excluding diaryl/α,β-unsaturated/α-hetero) is 1. The smallest absolute Gasteiger partial charge is 0.290 e. The molecule has 1 aromatic heterocycles. The number of rotatable bonds is 2. The van der Waals surface area contributed by atoms with Gasteiger partial charge in [0, 0.05) is 31.4 Å². The highest BCUT2D eigenvalue weighted by molar-refractivity contribution is 6.37. The van der Waals surface area contributed by atoms with Gasteiger partial charge in [0.1, 0.15) is 0 Å². The molecular weight excluding hydrogens is 192 g/mol. The summed E-state index contributed by atoms with van der Waals surface area (Å²) in [5, 5.41) is 0. The molecule has 2 heterocycles. The SMILES string of the molecule is Cc1cc(CN2CCC(=O)C2=O)ccn1. The average molecular weight is 204 g/mol. The van der Waals surface area contributed by atoms with Gasteiger partial charge in [-0.05, 0) is 24.6 Å². The molecule has 0 aliphatic carbocycles. The zero-order valence-electron chi connectivity index (χ0n) is 8.56. The Hall–Kier alpha value is -1.71. The lowest BCUT2D eigenvalue weighted by Gasteiger charge is -2.14. The highest BCUT2D eigenvalue weighted by Gasteiger charge is 2.28. The van der Waals surface area contributed by atoms with Crippen LogP contribution in [0.3, 0.4) is 0 Å². The van der Waals surface area contributed by atoms with Crippen molar-refractivity contribution in [2.24, 2.45) is 0 Å². The predicted octanol–water partition coefficient (Wildman–Crippen LogP) is 0.691. The van der Waals surface area contributed by atoms with Gasteiger partial charge in [0.2, 0.25) is 5.78 Å². The molecule has 1 aliphatic rings. The summed E-state index contributed by atoms with van der Waals surface area (Å²) in [5.74, 6) is -0.634. The number of aromatic nitrogens is 1. The molecule has 0 N–H and O–H groups in total. The van der Waals surface area contributed by atoms with Crippen LogP contribution in [0.15, 0.2) is 18.3 Å². The molecular formula is C11H12N2O2. The lowest BCUT2D eigenvalue weighted by atomic mass is 10.2. The van der Waals surface area contributed by atoms with Gasteiger partial charge in [0.05, 0.1) is 0 Å². The van der Waals surface area contributed by atoms with Crippen LogP contribution in [0.4, 0.5) is 0 Å². The number of hydrogen-bond acceptors (Lipinski definition) is 3. The van der Waals surface area contributed by atoms with Gasteiger partial charge in [0.15, 0.2) is 0 Å². The van der Waals surface area contributed by atoms with Gasteiger partial charge in [-0.15, -0.1) is 0 Å². The van der Waals surface area contributed by atoms with Crippen molar-refractivity contribution in [2.75, 3.05) is 6.54 Å². The van der Waals surface area contributed by atoms with Crippen LogP contribution in [0.1, 0.15) is 17.7 Å². The number of aryl methyl sites for hydroxylation is 1. The molecule has 78 valence electrons. The number of hydrogen-bond donors (Lipinski definition) is 0. The van der Waals surface area contributed by atoms with E-state index in [0.29, 0.717) is 19.5 Å². The molecule has 0 radical (unpaired) electrons. The van der Waals surface area contributed by atoms with E-state index in [1.807, 2.05) is 19.1 Å². The van der Waals surface area contributed by atoms with E-state index in [-0.39, 0.29) is 11.7 Å². The fourth-order valence-corrected chi connectivity index (χ4v) is 1.70. The van der Waals surface area contributed by atoms with Gasteiger partial charge in [-0.3, -0.25) is 14.6 Å². The first-order valence-electron chi connectivity index (χ1n) is 4.90. The Balaban J connectivity index is 2.10. The van der Waals surface area contributed by atoms with Crippen LogP contribution in [-0.2, 0) is 16.1 Å². The molecule has 1 aliphatic heterocycles. The van der Waals surface area contributed by atoms with E-state index in [4.69, 9.17) is 0 Å². The zero-order chi connectivity index (χ0) is 10.8. The molecule has 4 nitrogen and oxygen atoms in total. The van der Waals surface area contributed by atoms with Crippen LogP contribution in [0.5, 0.6) is 0 Å². The van der Waals surface area contributed by atoms with Gasteiger partial charge in [-0.2, -0.15) is 0 Å². The Labute approximate surface area is 87.9 Å². The maximum absolute atomic E-state index is 11.4. The predicted molar refractivity (Wildman–Crippen MR) is 54.0 cm³/mol. The summed E-state index contributed by atoms with van der Waals surface area (Å²) < 4.78 is 0. The van der Waals surface area contributed by atoms with Crippen molar-refractivity contribution in [3.05, 3.63) is 29.6 Å². The van der Waals surface area contributed by atoms with Crippen molar-refractivity contribution in [3.63, 3.8) is 0 Å². The van der Waals surface area contributed by atoms with Gasteiger partial charge >= 0.3 is 0 Å². The number of ketones is 1. The fourth-order valence-electron chi connectivity index (χ4n) is 1.70. The molecule has 0 unspecified atom stereocenters. The molecule has 1 aromatic rings. The lowest BCUT2D eigenvalue weighted by molar-refractivity contribution is -0.140. The lowest BCUT2D eigenvalue weighted by Crippen LogP contribution is -2.26. The fraction of sp³-hybridized carbons (Fsp3) is 0.364. The molecule has 0 saturated carbocycles. The Bertz CT molecular complexity index is 415. The third kappa shape index (κ3) is 2.03. The molecule has 0 bridgehead atoms. The van der Waals surface area contributed by atoms with E-state index in [0.717, 1.165) is 11.3 Å². The number of pyridine rings is 1. The van der Waals surface area contributed by atoms with Crippen molar-refractivity contribution >= 4 is 11.7 Å². The number of carbonyl (C=O) groups is 2. The first kappa shape index (κ1) is 9.83. The van der Waals surface area contributed by atoms with E-state index < -0.39 is 0 Å². The normalized spacial score (nSPS) is 16.2. The maximum atomic E-state index is 11.4. The van der Waals surface area contributed by atoms with E-state index in [9.17, 15) is 9.59 Å². The van der Waals surface area contributed by atoms with Crippen molar-refractivity contribution in [1.82, 2.24) is 9.88 Å². The van der Waals surface area contributed by atoms with E-state index in [1.165, 1.54) is 0 Å². The van der Waals surface area contributed by atoms with Crippen molar-refractivity contribution < 1.29 is 9.59 Å². The molecule has 1 saturated heterocycles. The van der Waals surface area contributed by atoms with Crippen LogP contribution in [0.25, 0.3) is 0 Å². The highest BCUT2D eigenvalue weighted by atomic mass is 16.2. The standard InChI is InChI=1S/C11H12N2O2/c1-8-6-9(2-4-12-8)7-13-5-3-10(14)11(13)15/h2,4,6H,3,5,7H2,1H3. The minimum Gasteiger partial charge on any atom is -0.331 e. The second-order valence-corrected chi connectivity index (χ2v) is 3.71. The third-order valence-corrected chi connectivity index (χ3v) is 2.47. The number of amides is 1. The Morgan fingerprint density at radius 1 is 1.47 bits per heavy atom. The Morgan fingerprint density at radius 2 is 2.27 bits per heavy atom. The van der Waals surface area contributed by atoms with Crippen LogP contribution in [0, 0.1) is 6.92 Å². The summed E-state index contributed by atoms with van der Waals surface area (Å²) in [6.45, 7) is 2.95. The summed E-state index contributed by atoms with van der Waals surface area (Å²) in [6.07, 6.45) is 2.07. The van der Waals surface area contributed by atoms with Crippen LogP contribution < -0.4 is 0 Å². The van der Waals surface area contributed by atoms with Crippen LogP contribution in [0.2, 0.25) is 0 Å². The third-order valence-electron chi connectivity index (χ3n) is 2.47. The Kier molecular flexibility index (Phi) is 2.49. The van der Waals surface area contributed by atoms with E-state index in [2.05, 4.69) is 4.98 Å². The van der Waals surface area contributed by atoms with Crippen LogP contribution in [-0.4, -0.2) is 28.1 Å². The molecule has 4 heteroatoms. The summed E-state index contributed by atoms with van der Waals surface area (Å²) in [5.41, 5.74) is 1.94. The molecule has 1 amide bonds. The summed E-state index contributed by atoms with van der Waals surface area (Å²) in [4.78, 5) is 28.1. The minimum absolute atomic E-state index is 0.277. The van der Waals surface area contributed by atoms with Gasteiger partial charge in [-0.1, -0.05) is 0 Å². The highest BCUT2D eigenvalue weighted by Crippen LogP contribution is 2.12. The van der Waals surface area contributed by atoms with Crippen molar-refractivity contribution in [1.29, 1.82) is 0 Å². The molecule has 1 fully saturated rings. The molecule has 0 spiro atoms. The van der Waals surface area contributed by atoms with Gasteiger partial charge in [-0.25, -0.2) is 0 Å². The largest absolute Gasteiger partial charge is 0.331 e. The topological polar surface area (TPSA) is 50.3 Å². The second-order valence-electron chi connectivity index (χ2n) is 3.71. The number of likely N-dealkylation sites (tertiary alicyclic amines) is 1. The van der Waals surface area contributed by atoms with Crippen molar-refractivity contribution in [3.8, 4) is 0 Å². The summed E-state index contributed by atoms with van der Waals surface area (Å²) >= 11 is 0. The molecule has 0 aromatic carbocycles. The van der Waals surface area contributed by atoms with Crippen molar-refractivity contribution in [2.45, 2.75) is 19.9 Å². The minimum atomic E-state index is -0.357.